The average molecular weight is 343 g/mol. The van der Waals surface area contributed by atoms with Crippen LogP contribution in [0.4, 0.5) is 5.69 Å². The predicted octanol–water partition coefficient (Wildman–Crippen LogP) is 3.67. The van der Waals surface area contributed by atoms with E-state index in [-0.39, 0.29) is 6.04 Å². The normalized spacial score (nSPS) is 20.5. The third-order valence-corrected chi connectivity index (χ3v) is 5.79. The molecule has 2 atom stereocenters. The highest BCUT2D eigenvalue weighted by Crippen LogP contribution is 2.29. The highest BCUT2D eigenvalue weighted by Gasteiger charge is 2.20. The first kappa shape index (κ1) is 15.2. The van der Waals surface area contributed by atoms with E-state index in [1.165, 1.54) is 33.7 Å². The van der Waals surface area contributed by atoms with Gasteiger partial charge in [-0.2, -0.15) is 11.8 Å². The van der Waals surface area contributed by atoms with Gasteiger partial charge in [0.2, 0.25) is 0 Å². The van der Waals surface area contributed by atoms with E-state index in [4.69, 9.17) is 5.73 Å². The minimum Gasteiger partial charge on any atom is -0.371 e. The van der Waals surface area contributed by atoms with Crippen molar-refractivity contribution >= 4 is 33.4 Å². The van der Waals surface area contributed by atoms with Gasteiger partial charge >= 0.3 is 0 Å². The van der Waals surface area contributed by atoms with Crippen LogP contribution >= 0.6 is 27.7 Å². The molecule has 19 heavy (non-hydrogen) atoms. The summed E-state index contributed by atoms with van der Waals surface area (Å²) < 4.78 is 1.19. The molecule has 0 bridgehead atoms. The van der Waals surface area contributed by atoms with Crippen molar-refractivity contribution in [3.63, 3.8) is 0 Å². The summed E-state index contributed by atoms with van der Waals surface area (Å²) in [6.45, 7) is 2.14. The first-order valence-corrected chi connectivity index (χ1v) is 8.91. The molecule has 2 rings (SSSR count). The second-order valence-corrected chi connectivity index (χ2v) is 7.28. The average Bonchev–Trinajstić information content (AvgIpc) is 2.94. The molecule has 1 aromatic carbocycles. The molecule has 0 aliphatic carbocycles. The zero-order chi connectivity index (χ0) is 13.8. The van der Waals surface area contributed by atoms with E-state index in [1.807, 2.05) is 0 Å². The molecular formula is C15H23BrN2S. The van der Waals surface area contributed by atoms with E-state index in [2.05, 4.69) is 64.8 Å². The summed E-state index contributed by atoms with van der Waals surface area (Å²) >= 11 is 5.75. The summed E-state index contributed by atoms with van der Waals surface area (Å²) in [6.07, 6.45) is 3.26. The second-order valence-electron chi connectivity index (χ2n) is 5.28. The number of rotatable bonds is 5. The smallest absolute Gasteiger partial charge is 0.0385 e. The first-order chi connectivity index (χ1) is 9.11. The van der Waals surface area contributed by atoms with E-state index in [0.29, 0.717) is 6.04 Å². The number of anilines is 1. The van der Waals surface area contributed by atoms with Crippen LogP contribution in [0.25, 0.3) is 0 Å². The summed E-state index contributed by atoms with van der Waals surface area (Å²) in [4.78, 5) is 2.41. The number of thioether (sulfide) groups is 1. The van der Waals surface area contributed by atoms with Crippen LogP contribution in [0.3, 0.4) is 0 Å². The molecule has 2 nitrogen and oxygen atoms in total. The summed E-state index contributed by atoms with van der Waals surface area (Å²) in [5, 5.41) is 0. The van der Waals surface area contributed by atoms with Crippen LogP contribution in [0.5, 0.6) is 0 Å². The number of nitrogens with two attached hydrogens (primary N) is 1. The summed E-state index contributed by atoms with van der Waals surface area (Å²) in [6, 6.07) is 7.62. The fraction of sp³-hybridized carbons (Fsp3) is 0.600. The van der Waals surface area contributed by atoms with Gasteiger partial charge in [-0.15, -0.1) is 0 Å². The number of benzene rings is 1. The Hall–Kier alpha value is -0.190. The Balaban J connectivity index is 2.09. The molecule has 1 saturated heterocycles. The van der Waals surface area contributed by atoms with Gasteiger partial charge in [0.15, 0.2) is 0 Å². The number of halogens is 1. The molecule has 1 aromatic rings. The fourth-order valence-corrected chi connectivity index (χ4v) is 4.18. The molecule has 4 heteroatoms. The fourth-order valence-electron chi connectivity index (χ4n) is 2.39. The van der Waals surface area contributed by atoms with Crippen molar-refractivity contribution in [2.24, 2.45) is 5.73 Å². The summed E-state index contributed by atoms with van der Waals surface area (Å²) in [5.41, 5.74) is 8.65. The Kier molecular flexibility index (Phi) is 5.60. The maximum atomic E-state index is 6.04. The van der Waals surface area contributed by atoms with Gasteiger partial charge in [0, 0.05) is 35.0 Å². The SMILES string of the molecule is CCC(N)Cc1ccc(N(C)C2CCSC2)cc1Br. The molecule has 0 amide bonds. The van der Waals surface area contributed by atoms with Gasteiger partial charge in [0.25, 0.3) is 0 Å². The van der Waals surface area contributed by atoms with Crippen molar-refractivity contribution in [3.05, 3.63) is 28.2 Å². The van der Waals surface area contributed by atoms with Crippen molar-refractivity contribution in [1.29, 1.82) is 0 Å². The van der Waals surface area contributed by atoms with Crippen LogP contribution < -0.4 is 10.6 Å². The van der Waals surface area contributed by atoms with E-state index >= 15 is 0 Å². The highest BCUT2D eigenvalue weighted by molar-refractivity contribution is 9.10. The largest absolute Gasteiger partial charge is 0.371 e. The van der Waals surface area contributed by atoms with E-state index in [9.17, 15) is 0 Å². The van der Waals surface area contributed by atoms with Gasteiger partial charge in [-0.1, -0.05) is 28.9 Å². The molecule has 1 fully saturated rings. The van der Waals surface area contributed by atoms with E-state index < -0.39 is 0 Å². The molecule has 1 aliphatic rings. The third kappa shape index (κ3) is 3.89. The quantitative estimate of drug-likeness (QED) is 0.885. The van der Waals surface area contributed by atoms with Gasteiger partial charge in [-0.25, -0.2) is 0 Å². The van der Waals surface area contributed by atoms with Gasteiger partial charge in [0.1, 0.15) is 0 Å². The topological polar surface area (TPSA) is 29.3 Å². The van der Waals surface area contributed by atoms with Crippen LogP contribution in [-0.4, -0.2) is 30.6 Å². The maximum absolute atomic E-state index is 6.04. The van der Waals surface area contributed by atoms with Crippen LogP contribution in [0.15, 0.2) is 22.7 Å². The van der Waals surface area contributed by atoms with E-state index in [0.717, 1.165) is 12.8 Å². The molecular weight excluding hydrogens is 320 g/mol. The monoisotopic (exact) mass is 342 g/mol. The van der Waals surface area contributed by atoms with Crippen LogP contribution in [-0.2, 0) is 6.42 Å². The van der Waals surface area contributed by atoms with Gasteiger partial charge in [-0.3, -0.25) is 0 Å². The van der Waals surface area contributed by atoms with Gasteiger partial charge in [-0.05, 0) is 42.7 Å². The van der Waals surface area contributed by atoms with Crippen LogP contribution in [0, 0.1) is 0 Å². The van der Waals surface area contributed by atoms with Crippen molar-refractivity contribution in [1.82, 2.24) is 0 Å². The Morgan fingerprint density at radius 1 is 1.53 bits per heavy atom. The van der Waals surface area contributed by atoms with Gasteiger partial charge < -0.3 is 10.6 Å². The lowest BCUT2D eigenvalue weighted by molar-refractivity contribution is 0.645. The minimum atomic E-state index is 0.256. The van der Waals surface area contributed by atoms with Crippen molar-refractivity contribution in [2.75, 3.05) is 23.5 Å². The molecule has 1 aliphatic heterocycles. The molecule has 0 aromatic heterocycles. The molecule has 0 saturated carbocycles. The Labute approximate surface area is 129 Å². The van der Waals surface area contributed by atoms with Crippen molar-refractivity contribution in [2.45, 2.75) is 38.3 Å². The molecule has 106 valence electrons. The Morgan fingerprint density at radius 2 is 2.32 bits per heavy atom. The minimum absolute atomic E-state index is 0.256. The van der Waals surface area contributed by atoms with Crippen molar-refractivity contribution in [3.8, 4) is 0 Å². The highest BCUT2D eigenvalue weighted by atomic mass is 79.9. The third-order valence-electron chi connectivity index (χ3n) is 3.90. The number of hydrogen-bond donors (Lipinski definition) is 1. The van der Waals surface area contributed by atoms with Gasteiger partial charge in [0.05, 0.1) is 0 Å². The van der Waals surface area contributed by atoms with Crippen molar-refractivity contribution < 1.29 is 0 Å². The van der Waals surface area contributed by atoms with Crippen LogP contribution in [0.2, 0.25) is 0 Å². The lowest BCUT2D eigenvalue weighted by Crippen LogP contribution is -2.31. The number of hydrogen-bond acceptors (Lipinski definition) is 3. The summed E-state index contributed by atoms with van der Waals surface area (Å²) in [5.74, 6) is 2.54. The van der Waals surface area contributed by atoms with E-state index in [1.54, 1.807) is 0 Å². The number of nitrogens with zero attached hydrogens (tertiary/aromatic N) is 1. The lowest BCUT2D eigenvalue weighted by atomic mass is 10.0. The van der Waals surface area contributed by atoms with Crippen LogP contribution in [0.1, 0.15) is 25.3 Å². The Morgan fingerprint density at radius 3 is 2.89 bits per heavy atom. The molecule has 0 radical (unpaired) electrons. The predicted molar refractivity (Wildman–Crippen MR) is 90.2 cm³/mol. The lowest BCUT2D eigenvalue weighted by Gasteiger charge is -2.26. The molecule has 0 spiro atoms. The standard InChI is InChI=1S/C15H23BrN2S/c1-3-12(17)8-11-4-5-13(9-15(11)16)18(2)14-6-7-19-10-14/h4-5,9,12,14H,3,6-8,10,17H2,1-2H3. The molecule has 2 unspecified atom stereocenters. The summed E-state index contributed by atoms with van der Waals surface area (Å²) in [7, 11) is 2.20. The zero-order valence-electron chi connectivity index (χ0n) is 11.7. The second kappa shape index (κ2) is 7.00. The maximum Gasteiger partial charge on any atom is 0.0385 e. The first-order valence-electron chi connectivity index (χ1n) is 6.96. The zero-order valence-corrected chi connectivity index (χ0v) is 14.1. The molecule has 2 N–H and O–H groups in total. The Bertz CT molecular complexity index is 419. The molecule has 1 heterocycles.